The minimum Gasteiger partial charge on any atom is -0.489 e. The molecule has 0 radical (unpaired) electrons. The highest BCUT2D eigenvalue weighted by Crippen LogP contribution is 2.29. The quantitative estimate of drug-likeness (QED) is 0.172. The lowest BCUT2D eigenvalue weighted by atomic mass is 10.0. The highest BCUT2D eigenvalue weighted by Gasteiger charge is 2.17. The Balaban J connectivity index is 1.82. The Hall–Kier alpha value is -4.40. The van der Waals surface area contributed by atoms with Crippen LogP contribution < -0.4 is 20.9 Å². The highest BCUT2D eigenvalue weighted by atomic mass is 16.5. The molecule has 0 aliphatic carbocycles. The topological polar surface area (TPSA) is 157 Å². The van der Waals surface area contributed by atoms with Crippen molar-refractivity contribution in [3.63, 3.8) is 0 Å². The number of ether oxygens (including phenoxy) is 3. The lowest BCUT2D eigenvalue weighted by Crippen LogP contribution is -2.12. The van der Waals surface area contributed by atoms with Crippen molar-refractivity contribution in [1.82, 2.24) is 4.98 Å². The van der Waals surface area contributed by atoms with Gasteiger partial charge in [-0.2, -0.15) is 0 Å². The first-order valence-corrected chi connectivity index (χ1v) is 11.5. The standard InChI is InChI=1S/C27H31N5O4/c1-3-34-24(33)13-12-23-21(16-35-22-10-8-20(9-11-22)27(30)31)14-32-17(2)25(23)36-15-18-4-6-19(7-5-18)26(28)29/h4-11,14H,3,12-13,15-16H2,1-2H3,(H3,28,29)(H3,30,31). The molecule has 6 N–H and O–H groups in total. The molecule has 0 bridgehead atoms. The monoisotopic (exact) mass is 489 g/mol. The molecule has 3 rings (SSSR count). The van der Waals surface area contributed by atoms with E-state index in [1.165, 1.54) is 0 Å². The number of aryl methyl sites for hydroxylation is 1. The van der Waals surface area contributed by atoms with E-state index in [1.54, 1.807) is 49.5 Å². The Morgan fingerprint density at radius 3 is 2.11 bits per heavy atom. The zero-order valence-electron chi connectivity index (χ0n) is 20.5. The molecule has 2 aromatic carbocycles. The Kier molecular flexibility index (Phi) is 8.99. The number of nitrogen functional groups attached to an aromatic ring is 2. The van der Waals surface area contributed by atoms with Crippen LogP contribution in [0.15, 0.2) is 54.7 Å². The molecule has 0 atom stereocenters. The summed E-state index contributed by atoms with van der Waals surface area (Å²) in [6.45, 7) is 4.45. The van der Waals surface area contributed by atoms with Crippen LogP contribution in [0.5, 0.6) is 11.5 Å². The number of pyridine rings is 1. The first-order valence-electron chi connectivity index (χ1n) is 11.5. The van der Waals surface area contributed by atoms with Gasteiger partial charge in [0.2, 0.25) is 0 Å². The number of nitrogens with one attached hydrogen (secondary N) is 2. The number of carbonyl (C=O) groups is 1. The summed E-state index contributed by atoms with van der Waals surface area (Å²) in [5.41, 5.74) is 15.5. The van der Waals surface area contributed by atoms with Crippen LogP contribution in [0.4, 0.5) is 0 Å². The van der Waals surface area contributed by atoms with Crippen molar-refractivity contribution in [2.45, 2.75) is 39.9 Å². The molecule has 0 aliphatic rings. The third-order valence-corrected chi connectivity index (χ3v) is 5.50. The average molecular weight is 490 g/mol. The second-order valence-electron chi connectivity index (χ2n) is 8.11. The van der Waals surface area contributed by atoms with E-state index in [2.05, 4.69) is 4.98 Å². The van der Waals surface area contributed by atoms with Crippen molar-refractivity contribution in [2.75, 3.05) is 6.61 Å². The molecule has 9 nitrogen and oxygen atoms in total. The lowest BCUT2D eigenvalue weighted by Gasteiger charge is -2.18. The fourth-order valence-electron chi connectivity index (χ4n) is 3.55. The summed E-state index contributed by atoms with van der Waals surface area (Å²) in [7, 11) is 0. The molecule has 0 aliphatic heterocycles. The Bertz CT molecular complexity index is 1220. The van der Waals surface area contributed by atoms with Crippen molar-refractivity contribution in [2.24, 2.45) is 11.5 Å². The Morgan fingerprint density at radius 2 is 1.53 bits per heavy atom. The van der Waals surface area contributed by atoms with Crippen LogP contribution >= 0.6 is 0 Å². The second kappa shape index (κ2) is 12.3. The molecular formula is C27H31N5O4. The van der Waals surface area contributed by atoms with Crippen molar-refractivity contribution < 1.29 is 19.0 Å². The lowest BCUT2D eigenvalue weighted by molar-refractivity contribution is -0.143. The van der Waals surface area contributed by atoms with Gasteiger partial charge in [-0.1, -0.05) is 24.3 Å². The van der Waals surface area contributed by atoms with Gasteiger partial charge in [-0.25, -0.2) is 0 Å². The summed E-state index contributed by atoms with van der Waals surface area (Å²) in [6, 6.07) is 14.2. The number of nitrogens with zero attached hydrogens (tertiary/aromatic N) is 1. The fraction of sp³-hybridized carbons (Fsp3) is 0.259. The van der Waals surface area contributed by atoms with Crippen molar-refractivity contribution in [3.05, 3.63) is 88.2 Å². The van der Waals surface area contributed by atoms with E-state index < -0.39 is 0 Å². The predicted molar refractivity (Wildman–Crippen MR) is 138 cm³/mol. The Morgan fingerprint density at radius 1 is 0.917 bits per heavy atom. The maximum atomic E-state index is 12.1. The van der Waals surface area contributed by atoms with E-state index in [1.807, 2.05) is 19.1 Å². The third-order valence-electron chi connectivity index (χ3n) is 5.50. The van der Waals surface area contributed by atoms with Crippen LogP contribution in [0.3, 0.4) is 0 Å². The number of carbonyl (C=O) groups excluding carboxylic acids is 1. The molecule has 0 unspecified atom stereocenters. The maximum Gasteiger partial charge on any atom is 0.306 e. The molecule has 9 heteroatoms. The molecule has 3 aromatic rings. The van der Waals surface area contributed by atoms with Crippen LogP contribution in [0.2, 0.25) is 0 Å². The predicted octanol–water partition coefficient (Wildman–Crippen LogP) is 3.61. The highest BCUT2D eigenvalue weighted by molar-refractivity contribution is 5.95. The van der Waals surface area contributed by atoms with Gasteiger partial charge < -0.3 is 25.7 Å². The molecule has 0 fully saturated rings. The van der Waals surface area contributed by atoms with Crippen molar-refractivity contribution in [3.8, 4) is 11.5 Å². The van der Waals surface area contributed by atoms with Gasteiger partial charge in [0.25, 0.3) is 0 Å². The number of amidine groups is 2. The molecule has 36 heavy (non-hydrogen) atoms. The number of aromatic nitrogens is 1. The number of rotatable bonds is 12. The van der Waals surface area contributed by atoms with E-state index in [4.69, 9.17) is 36.5 Å². The molecule has 1 aromatic heterocycles. The first kappa shape index (κ1) is 26.2. The van der Waals surface area contributed by atoms with Crippen LogP contribution in [0.25, 0.3) is 0 Å². The second-order valence-corrected chi connectivity index (χ2v) is 8.11. The van der Waals surface area contributed by atoms with E-state index >= 15 is 0 Å². The maximum absolute atomic E-state index is 12.1. The Labute approximate surface area is 210 Å². The number of nitrogens with two attached hydrogens (primary N) is 2. The van der Waals surface area contributed by atoms with E-state index in [0.29, 0.717) is 41.3 Å². The van der Waals surface area contributed by atoms with Crippen molar-refractivity contribution >= 4 is 17.6 Å². The first-order chi connectivity index (χ1) is 17.3. The van der Waals surface area contributed by atoms with Gasteiger partial charge in [0.05, 0.1) is 12.3 Å². The van der Waals surface area contributed by atoms with Crippen LogP contribution in [0, 0.1) is 17.7 Å². The van der Waals surface area contributed by atoms with Crippen LogP contribution in [-0.4, -0.2) is 29.2 Å². The van der Waals surface area contributed by atoms with Crippen LogP contribution in [0.1, 0.15) is 46.9 Å². The van der Waals surface area contributed by atoms with E-state index in [9.17, 15) is 4.79 Å². The molecular weight excluding hydrogens is 458 g/mol. The van der Waals surface area contributed by atoms with E-state index in [-0.39, 0.29) is 37.3 Å². The normalized spacial score (nSPS) is 10.5. The van der Waals surface area contributed by atoms with Gasteiger partial charge in [0.1, 0.15) is 36.4 Å². The van der Waals surface area contributed by atoms with Gasteiger partial charge >= 0.3 is 5.97 Å². The van der Waals surface area contributed by atoms with Crippen molar-refractivity contribution in [1.29, 1.82) is 10.8 Å². The summed E-state index contributed by atoms with van der Waals surface area (Å²) in [6.07, 6.45) is 2.33. The van der Waals surface area contributed by atoms with E-state index in [0.717, 1.165) is 16.7 Å². The summed E-state index contributed by atoms with van der Waals surface area (Å²) >= 11 is 0. The van der Waals surface area contributed by atoms with Crippen LogP contribution in [-0.2, 0) is 29.2 Å². The summed E-state index contributed by atoms with van der Waals surface area (Å²) in [4.78, 5) is 16.6. The number of esters is 1. The molecule has 188 valence electrons. The smallest absolute Gasteiger partial charge is 0.306 e. The minimum absolute atomic E-state index is 0.00685. The average Bonchev–Trinajstić information content (AvgIpc) is 2.86. The van der Waals surface area contributed by atoms with Gasteiger partial charge in [-0.3, -0.25) is 20.6 Å². The SMILES string of the molecule is CCOC(=O)CCc1c(COc2ccc(C(=N)N)cc2)cnc(C)c1OCc1ccc(C(=N)N)cc1. The molecule has 0 saturated carbocycles. The third kappa shape index (κ3) is 7.05. The minimum atomic E-state index is -0.288. The number of hydrogen-bond acceptors (Lipinski definition) is 7. The molecule has 1 heterocycles. The molecule has 0 spiro atoms. The number of hydrogen-bond donors (Lipinski definition) is 4. The van der Waals surface area contributed by atoms with Gasteiger partial charge in [0, 0.05) is 34.9 Å². The summed E-state index contributed by atoms with van der Waals surface area (Å²) in [5, 5.41) is 15.1. The summed E-state index contributed by atoms with van der Waals surface area (Å²) < 4.78 is 17.3. The largest absolute Gasteiger partial charge is 0.489 e. The number of benzene rings is 2. The fourth-order valence-corrected chi connectivity index (χ4v) is 3.55. The summed E-state index contributed by atoms with van der Waals surface area (Å²) in [5.74, 6) is 0.924. The molecule has 0 amide bonds. The van der Waals surface area contributed by atoms with Gasteiger partial charge in [0.15, 0.2) is 0 Å². The zero-order chi connectivity index (χ0) is 26.1. The van der Waals surface area contributed by atoms with Gasteiger partial charge in [-0.15, -0.1) is 0 Å². The zero-order valence-corrected chi connectivity index (χ0v) is 20.5. The van der Waals surface area contributed by atoms with Gasteiger partial charge in [-0.05, 0) is 50.1 Å². The molecule has 0 saturated heterocycles.